The number of hydrogen-bond donors (Lipinski definition) is 0. The van der Waals surface area contributed by atoms with Crippen LogP contribution in [0.25, 0.3) is 0 Å². The Labute approximate surface area is 75.9 Å². The minimum Gasteiger partial charge on any atom is -0.360 e. The molecular weight excluding hydrogens is 150 g/mol. The molecule has 1 rings (SSSR count). The third-order valence-electron chi connectivity index (χ3n) is 2.67. The summed E-state index contributed by atoms with van der Waals surface area (Å²) in [7, 11) is 4.13. The molecule has 1 fully saturated rings. The van der Waals surface area contributed by atoms with Gasteiger partial charge in [0.25, 0.3) is 0 Å². The Hall–Kier alpha value is -0.0800. The Morgan fingerprint density at radius 1 is 1.17 bits per heavy atom. The standard InChI is InChI=1S/C10H21NO/c1-9(11(2)3)12-10-7-5-4-6-8-10/h9-10H,4-8H2,1-3H3. The molecule has 0 bridgehead atoms. The fraction of sp³-hybridized carbons (Fsp3) is 1.00. The van der Waals surface area contributed by atoms with E-state index in [9.17, 15) is 0 Å². The lowest BCUT2D eigenvalue weighted by Crippen LogP contribution is -2.32. The molecule has 0 aromatic carbocycles. The van der Waals surface area contributed by atoms with Crippen molar-refractivity contribution in [2.75, 3.05) is 14.1 Å². The molecule has 1 aliphatic rings. The third-order valence-corrected chi connectivity index (χ3v) is 2.67. The van der Waals surface area contributed by atoms with Gasteiger partial charge in [-0.05, 0) is 33.9 Å². The molecule has 12 heavy (non-hydrogen) atoms. The lowest BCUT2D eigenvalue weighted by Gasteiger charge is -2.28. The maximum atomic E-state index is 5.88. The van der Waals surface area contributed by atoms with Crippen molar-refractivity contribution in [2.45, 2.75) is 51.4 Å². The van der Waals surface area contributed by atoms with Gasteiger partial charge in [0, 0.05) is 0 Å². The van der Waals surface area contributed by atoms with E-state index in [4.69, 9.17) is 4.74 Å². The van der Waals surface area contributed by atoms with Gasteiger partial charge in [-0.15, -0.1) is 0 Å². The molecule has 1 unspecified atom stereocenters. The van der Waals surface area contributed by atoms with Crippen molar-refractivity contribution in [3.63, 3.8) is 0 Å². The normalized spacial score (nSPS) is 23.0. The highest BCUT2D eigenvalue weighted by atomic mass is 16.5. The second-order valence-corrected chi connectivity index (χ2v) is 3.96. The van der Waals surface area contributed by atoms with Crippen molar-refractivity contribution in [1.29, 1.82) is 0 Å². The maximum Gasteiger partial charge on any atom is 0.107 e. The topological polar surface area (TPSA) is 12.5 Å². The monoisotopic (exact) mass is 171 g/mol. The first-order valence-corrected chi connectivity index (χ1v) is 5.02. The lowest BCUT2D eigenvalue weighted by atomic mass is 9.98. The molecule has 0 aromatic rings. The van der Waals surface area contributed by atoms with Gasteiger partial charge in [-0.1, -0.05) is 19.3 Å². The predicted octanol–water partition coefficient (Wildman–Crippen LogP) is 2.24. The number of hydrogen-bond acceptors (Lipinski definition) is 2. The summed E-state index contributed by atoms with van der Waals surface area (Å²) in [5, 5.41) is 0. The highest BCUT2D eigenvalue weighted by Crippen LogP contribution is 2.21. The molecule has 1 atom stereocenters. The Balaban J connectivity index is 2.20. The van der Waals surface area contributed by atoms with Crippen LogP contribution < -0.4 is 0 Å². The zero-order valence-corrected chi connectivity index (χ0v) is 8.55. The van der Waals surface area contributed by atoms with Crippen LogP contribution in [0.15, 0.2) is 0 Å². The van der Waals surface area contributed by atoms with Crippen LogP contribution in [-0.2, 0) is 4.74 Å². The average Bonchev–Trinajstić information content (AvgIpc) is 2.06. The molecule has 0 N–H and O–H groups in total. The highest BCUT2D eigenvalue weighted by Gasteiger charge is 2.17. The fourth-order valence-corrected chi connectivity index (χ4v) is 1.60. The molecule has 0 aromatic heterocycles. The summed E-state index contributed by atoms with van der Waals surface area (Å²) in [5.41, 5.74) is 0. The Morgan fingerprint density at radius 3 is 2.25 bits per heavy atom. The Morgan fingerprint density at radius 2 is 1.75 bits per heavy atom. The van der Waals surface area contributed by atoms with Gasteiger partial charge < -0.3 is 4.74 Å². The van der Waals surface area contributed by atoms with Crippen molar-refractivity contribution in [3.8, 4) is 0 Å². The molecule has 72 valence electrons. The van der Waals surface area contributed by atoms with Crippen LogP contribution in [0.5, 0.6) is 0 Å². The molecule has 0 aliphatic heterocycles. The minimum absolute atomic E-state index is 0.271. The van der Waals surface area contributed by atoms with E-state index in [1.54, 1.807) is 0 Å². The van der Waals surface area contributed by atoms with E-state index < -0.39 is 0 Å². The van der Waals surface area contributed by atoms with E-state index >= 15 is 0 Å². The predicted molar refractivity (Wildman–Crippen MR) is 51.1 cm³/mol. The maximum absolute atomic E-state index is 5.88. The zero-order valence-electron chi connectivity index (χ0n) is 8.55. The minimum atomic E-state index is 0.271. The van der Waals surface area contributed by atoms with Gasteiger partial charge in [0.1, 0.15) is 6.23 Å². The third kappa shape index (κ3) is 3.11. The summed E-state index contributed by atoms with van der Waals surface area (Å²) in [6, 6.07) is 0. The van der Waals surface area contributed by atoms with Crippen molar-refractivity contribution >= 4 is 0 Å². The Bertz CT molecular complexity index is 119. The van der Waals surface area contributed by atoms with E-state index in [1.807, 2.05) is 0 Å². The second kappa shape index (κ2) is 4.83. The van der Waals surface area contributed by atoms with Crippen LogP contribution in [-0.4, -0.2) is 31.3 Å². The van der Waals surface area contributed by atoms with Gasteiger partial charge >= 0.3 is 0 Å². The van der Waals surface area contributed by atoms with E-state index in [0.29, 0.717) is 6.10 Å². The van der Waals surface area contributed by atoms with Crippen molar-refractivity contribution in [3.05, 3.63) is 0 Å². The van der Waals surface area contributed by atoms with E-state index in [2.05, 4.69) is 25.9 Å². The number of rotatable bonds is 3. The zero-order chi connectivity index (χ0) is 8.97. The second-order valence-electron chi connectivity index (χ2n) is 3.96. The van der Waals surface area contributed by atoms with Crippen LogP contribution in [0, 0.1) is 0 Å². The molecule has 0 saturated heterocycles. The van der Waals surface area contributed by atoms with Crippen molar-refractivity contribution in [2.24, 2.45) is 0 Å². The average molecular weight is 171 g/mol. The van der Waals surface area contributed by atoms with Crippen LogP contribution in [0.2, 0.25) is 0 Å². The van der Waals surface area contributed by atoms with E-state index in [-0.39, 0.29) is 6.23 Å². The SMILES string of the molecule is CC(OC1CCCCC1)N(C)C. The molecule has 0 spiro atoms. The summed E-state index contributed by atoms with van der Waals surface area (Å²) in [4.78, 5) is 2.12. The molecule has 2 nitrogen and oxygen atoms in total. The summed E-state index contributed by atoms with van der Waals surface area (Å²) in [6.07, 6.45) is 7.42. The van der Waals surface area contributed by atoms with Gasteiger partial charge in [-0.3, -0.25) is 4.90 Å². The fourth-order valence-electron chi connectivity index (χ4n) is 1.60. The summed E-state index contributed by atoms with van der Waals surface area (Å²) < 4.78 is 5.88. The number of nitrogens with zero attached hydrogens (tertiary/aromatic N) is 1. The smallest absolute Gasteiger partial charge is 0.107 e. The first-order valence-electron chi connectivity index (χ1n) is 5.02. The summed E-state index contributed by atoms with van der Waals surface area (Å²) >= 11 is 0. The molecular formula is C10H21NO. The van der Waals surface area contributed by atoms with Crippen LogP contribution in [0.3, 0.4) is 0 Å². The van der Waals surface area contributed by atoms with Gasteiger partial charge in [-0.2, -0.15) is 0 Å². The molecule has 0 amide bonds. The molecule has 0 radical (unpaired) electrons. The summed E-state index contributed by atoms with van der Waals surface area (Å²) in [6.45, 7) is 2.12. The van der Waals surface area contributed by atoms with E-state index in [0.717, 1.165) is 0 Å². The van der Waals surface area contributed by atoms with Crippen LogP contribution in [0.1, 0.15) is 39.0 Å². The van der Waals surface area contributed by atoms with Crippen molar-refractivity contribution < 1.29 is 4.74 Å². The summed E-state index contributed by atoms with van der Waals surface area (Å²) in [5.74, 6) is 0. The lowest BCUT2D eigenvalue weighted by molar-refractivity contribution is -0.0824. The Kier molecular flexibility index (Phi) is 4.02. The van der Waals surface area contributed by atoms with Crippen molar-refractivity contribution in [1.82, 2.24) is 4.90 Å². The molecule has 1 saturated carbocycles. The van der Waals surface area contributed by atoms with Gasteiger partial charge in [0.15, 0.2) is 0 Å². The first-order chi connectivity index (χ1) is 5.70. The first kappa shape index (κ1) is 10.0. The largest absolute Gasteiger partial charge is 0.360 e. The molecule has 0 heterocycles. The quantitative estimate of drug-likeness (QED) is 0.604. The highest BCUT2D eigenvalue weighted by molar-refractivity contribution is 4.66. The van der Waals surface area contributed by atoms with E-state index in [1.165, 1.54) is 32.1 Å². The van der Waals surface area contributed by atoms with Gasteiger partial charge in [-0.25, -0.2) is 0 Å². The van der Waals surface area contributed by atoms with Gasteiger partial charge in [0.05, 0.1) is 6.10 Å². The van der Waals surface area contributed by atoms with Gasteiger partial charge in [0.2, 0.25) is 0 Å². The molecule has 2 heteroatoms. The molecule has 1 aliphatic carbocycles. The van der Waals surface area contributed by atoms with Crippen LogP contribution >= 0.6 is 0 Å². The van der Waals surface area contributed by atoms with Crippen LogP contribution in [0.4, 0.5) is 0 Å². The number of ether oxygens (including phenoxy) is 1.